The molecular formula is C39H47NO16. The standard InChI is InChI=1S/C39H47NO16/c1-18(41)8-7-9-29(42)54-37-33(44)36-28(16-48-19(2)52-36)53-39(37)56-34-22-13-25-24(50-17-51-25)12-21(22)31(32-23(34)15-49-38(32)45)20-10-26(46-5)35(27(11-20)47-6)55-30(43)14-40(3)4/h10-13,19,23,28,31-34,36-37,39,44H,7-9,14-17H2,1-6H3/t19-,23+,28-,31-,32+,33+,34-,36-,37-,39+/m1/s1. The first-order valence-electron chi connectivity index (χ1n) is 18.5. The third-order valence-electron chi connectivity index (χ3n) is 10.5. The van der Waals surface area contributed by atoms with E-state index in [2.05, 4.69) is 0 Å². The van der Waals surface area contributed by atoms with Crippen LogP contribution in [0.15, 0.2) is 24.3 Å². The number of aliphatic hydroxyl groups excluding tert-OH is 1. The van der Waals surface area contributed by atoms with E-state index in [0.29, 0.717) is 28.2 Å². The summed E-state index contributed by atoms with van der Waals surface area (Å²) in [5.41, 5.74) is 1.83. The van der Waals surface area contributed by atoms with Gasteiger partial charge >= 0.3 is 17.9 Å². The molecule has 4 heterocycles. The van der Waals surface area contributed by atoms with E-state index in [9.17, 15) is 24.3 Å². The van der Waals surface area contributed by atoms with Crippen molar-refractivity contribution in [2.24, 2.45) is 11.8 Å². The molecule has 0 amide bonds. The molecule has 56 heavy (non-hydrogen) atoms. The Hall–Kier alpha value is -4.52. The van der Waals surface area contributed by atoms with Crippen molar-refractivity contribution in [2.75, 3.05) is 54.9 Å². The number of rotatable bonds is 13. The molecule has 3 saturated heterocycles. The van der Waals surface area contributed by atoms with Gasteiger partial charge < -0.3 is 62.0 Å². The number of aliphatic hydroxyl groups is 1. The normalized spacial score (nSPS) is 30.1. The highest BCUT2D eigenvalue weighted by molar-refractivity contribution is 5.80. The molecule has 10 atom stereocenters. The maximum Gasteiger partial charge on any atom is 0.325 e. The minimum Gasteiger partial charge on any atom is -0.493 e. The largest absolute Gasteiger partial charge is 0.493 e. The fraction of sp³-hybridized carbons (Fsp3) is 0.590. The number of benzene rings is 2. The maximum absolute atomic E-state index is 13.9. The lowest BCUT2D eigenvalue weighted by atomic mass is 9.66. The van der Waals surface area contributed by atoms with E-state index < -0.39 is 78.8 Å². The number of esters is 3. The number of nitrogens with zero attached hydrogens (tertiary/aromatic N) is 1. The van der Waals surface area contributed by atoms with Crippen LogP contribution in [0.25, 0.3) is 0 Å². The number of ketones is 1. The van der Waals surface area contributed by atoms with Crippen molar-refractivity contribution in [1.82, 2.24) is 4.90 Å². The van der Waals surface area contributed by atoms with Crippen molar-refractivity contribution >= 4 is 23.7 Å². The topological polar surface area (TPSA) is 193 Å². The number of cyclic esters (lactones) is 1. The zero-order chi connectivity index (χ0) is 39.8. The molecule has 17 nitrogen and oxygen atoms in total. The van der Waals surface area contributed by atoms with Crippen LogP contribution in [0.2, 0.25) is 0 Å². The number of fused-ring (bicyclic) bond motifs is 4. The van der Waals surface area contributed by atoms with Gasteiger partial charge in [-0.25, -0.2) is 0 Å². The van der Waals surface area contributed by atoms with Crippen LogP contribution in [0, 0.1) is 11.8 Å². The SMILES string of the molecule is COc1cc([C@@H]2c3cc4c(cc3[C@@H](O[C@@H]3O[C@@H]5CO[C@@H](C)O[C@H]5[C@H](O)[C@H]3OC(=O)CCCC(C)=O)[C@H]3COC(=O)[C@H]23)OCO4)cc(OC)c1OC(=O)CN(C)C. The average molecular weight is 786 g/mol. The lowest BCUT2D eigenvalue weighted by Gasteiger charge is -2.48. The first kappa shape index (κ1) is 39.7. The van der Waals surface area contributed by atoms with Crippen LogP contribution in [-0.2, 0) is 47.6 Å². The highest BCUT2D eigenvalue weighted by atomic mass is 16.8. The van der Waals surface area contributed by atoms with Crippen molar-refractivity contribution in [3.8, 4) is 28.7 Å². The van der Waals surface area contributed by atoms with Crippen molar-refractivity contribution in [3.63, 3.8) is 0 Å². The van der Waals surface area contributed by atoms with Gasteiger partial charge in [-0.05, 0) is 75.3 Å². The van der Waals surface area contributed by atoms with E-state index in [1.54, 1.807) is 50.2 Å². The van der Waals surface area contributed by atoms with Crippen LogP contribution < -0.4 is 23.7 Å². The predicted octanol–water partition coefficient (Wildman–Crippen LogP) is 2.41. The second kappa shape index (κ2) is 16.5. The Bertz CT molecular complexity index is 1810. The third-order valence-corrected chi connectivity index (χ3v) is 10.5. The molecule has 0 bridgehead atoms. The third kappa shape index (κ3) is 7.88. The number of carbonyl (C=O) groups excluding carboxylic acids is 4. The van der Waals surface area contributed by atoms with E-state index in [-0.39, 0.29) is 68.8 Å². The van der Waals surface area contributed by atoms with Gasteiger partial charge in [0.1, 0.15) is 24.1 Å². The molecular weight excluding hydrogens is 738 g/mol. The quantitative estimate of drug-likeness (QED) is 0.230. The summed E-state index contributed by atoms with van der Waals surface area (Å²) < 4.78 is 65.0. The fourth-order valence-corrected chi connectivity index (χ4v) is 8.03. The molecule has 3 fully saturated rings. The summed E-state index contributed by atoms with van der Waals surface area (Å²) >= 11 is 0. The molecule has 4 aliphatic heterocycles. The van der Waals surface area contributed by atoms with Gasteiger partial charge in [-0.15, -0.1) is 0 Å². The van der Waals surface area contributed by atoms with Crippen LogP contribution >= 0.6 is 0 Å². The van der Waals surface area contributed by atoms with Gasteiger partial charge in [0.25, 0.3) is 0 Å². The average Bonchev–Trinajstić information content (AvgIpc) is 3.78. The Balaban J connectivity index is 1.28. The van der Waals surface area contributed by atoms with Crippen molar-refractivity contribution < 1.29 is 76.4 Å². The first-order valence-corrected chi connectivity index (χ1v) is 18.5. The number of Topliss-reactive ketones (excluding diaryl/α,β-unsaturated/α-hetero) is 1. The number of carbonyl (C=O) groups is 4. The first-order chi connectivity index (χ1) is 26.9. The van der Waals surface area contributed by atoms with E-state index in [4.69, 9.17) is 52.1 Å². The summed E-state index contributed by atoms with van der Waals surface area (Å²) in [7, 11) is 6.35. The lowest BCUT2D eigenvalue weighted by Crippen LogP contribution is -2.64. The molecule has 1 N–H and O–H groups in total. The van der Waals surface area contributed by atoms with Crippen LogP contribution in [0.3, 0.4) is 0 Å². The number of likely N-dealkylation sites (N-methyl/N-ethyl adjacent to an activating group) is 1. The van der Waals surface area contributed by atoms with E-state index >= 15 is 0 Å². The van der Waals surface area contributed by atoms with Crippen LogP contribution in [0.1, 0.15) is 61.8 Å². The second-order valence-corrected chi connectivity index (χ2v) is 14.7. The number of hydrogen-bond donors (Lipinski definition) is 1. The summed E-state index contributed by atoms with van der Waals surface area (Å²) in [6.45, 7) is 3.14. The Labute approximate surface area is 323 Å². The summed E-state index contributed by atoms with van der Waals surface area (Å²) in [6.07, 6.45) is -6.95. The second-order valence-electron chi connectivity index (χ2n) is 14.7. The predicted molar refractivity (Wildman–Crippen MR) is 189 cm³/mol. The zero-order valence-corrected chi connectivity index (χ0v) is 32.1. The molecule has 0 radical (unpaired) electrons. The number of ether oxygens (including phenoxy) is 11. The van der Waals surface area contributed by atoms with Gasteiger partial charge in [-0.2, -0.15) is 0 Å². The van der Waals surface area contributed by atoms with Crippen molar-refractivity contribution in [1.29, 1.82) is 0 Å². The van der Waals surface area contributed by atoms with Gasteiger partial charge in [0.2, 0.25) is 12.5 Å². The Morgan fingerprint density at radius 1 is 0.911 bits per heavy atom. The lowest BCUT2D eigenvalue weighted by molar-refractivity contribution is -0.365. The molecule has 0 unspecified atom stereocenters. The van der Waals surface area contributed by atoms with E-state index in [1.807, 2.05) is 0 Å². The van der Waals surface area contributed by atoms with E-state index in [0.717, 1.165) is 0 Å². The summed E-state index contributed by atoms with van der Waals surface area (Å²) in [5.74, 6) is -2.50. The highest BCUT2D eigenvalue weighted by Crippen LogP contribution is 2.57. The molecule has 7 rings (SSSR count). The van der Waals surface area contributed by atoms with E-state index in [1.165, 1.54) is 21.1 Å². The maximum atomic E-state index is 13.9. The van der Waals surface area contributed by atoms with Crippen LogP contribution in [-0.4, -0.2) is 126 Å². The Morgan fingerprint density at radius 2 is 1.61 bits per heavy atom. The van der Waals surface area contributed by atoms with Crippen molar-refractivity contribution in [2.45, 2.75) is 82.1 Å². The Kier molecular flexibility index (Phi) is 11.7. The Morgan fingerprint density at radius 3 is 2.27 bits per heavy atom. The number of hydrogen-bond acceptors (Lipinski definition) is 17. The molecule has 2 aromatic rings. The molecule has 304 valence electrons. The van der Waals surface area contributed by atoms with Gasteiger partial charge in [-0.3, -0.25) is 19.3 Å². The smallest absolute Gasteiger partial charge is 0.325 e. The molecule has 0 aromatic heterocycles. The monoisotopic (exact) mass is 785 g/mol. The summed E-state index contributed by atoms with van der Waals surface area (Å²) in [5, 5.41) is 11.7. The molecule has 1 aliphatic carbocycles. The van der Waals surface area contributed by atoms with Crippen molar-refractivity contribution in [3.05, 3.63) is 41.0 Å². The van der Waals surface area contributed by atoms with Gasteiger partial charge in [0.15, 0.2) is 41.7 Å². The summed E-state index contributed by atoms with van der Waals surface area (Å²) in [4.78, 5) is 52.9. The zero-order valence-electron chi connectivity index (χ0n) is 32.1. The molecule has 0 saturated carbocycles. The minimum atomic E-state index is -1.38. The fourth-order valence-electron chi connectivity index (χ4n) is 8.03. The molecule has 2 aromatic carbocycles. The number of methoxy groups -OCH3 is 2. The highest BCUT2D eigenvalue weighted by Gasteiger charge is 2.57. The van der Waals surface area contributed by atoms with Gasteiger partial charge in [0, 0.05) is 24.7 Å². The molecule has 17 heteroatoms. The van der Waals surface area contributed by atoms with Crippen LogP contribution in [0.5, 0.6) is 28.7 Å². The molecule has 5 aliphatic rings. The van der Waals surface area contributed by atoms with Crippen LogP contribution in [0.4, 0.5) is 0 Å². The minimum absolute atomic E-state index is 0.0104. The van der Waals surface area contributed by atoms with Gasteiger partial charge in [-0.1, -0.05) is 0 Å². The summed E-state index contributed by atoms with van der Waals surface area (Å²) in [6, 6.07) is 6.94. The van der Waals surface area contributed by atoms with Gasteiger partial charge in [0.05, 0.1) is 46.0 Å². The molecule has 0 spiro atoms.